The summed E-state index contributed by atoms with van der Waals surface area (Å²) in [6.45, 7) is 4.48. The number of benzene rings is 1. The van der Waals surface area contributed by atoms with Crippen LogP contribution in [0.3, 0.4) is 0 Å². The molecular formula is C15H16F6N2O3S. The molecule has 27 heavy (non-hydrogen) atoms. The Morgan fingerprint density at radius 3 is 2.22 bits per heavy atom. The molecule has 0 fully saturated rings. The molecule has 1 aromatic rings. The number of carbonyl (C=O) groups excluding carboxylic acids is 1. The summed E-state index contributed by atoms with van der Waals surface area (Å²) in [5.74, 6) is -1.56. The van der Waals surface area contributed by atoms with Gasteiger partial charge in [-0.3, -0.25) is 9.52 Å². The predicted molar refractivity (Wildman–Crippen MR) is 86.4 cm³/mol. The average molecular weight is 418 g/mol. The molecule has 0 bridgehead atoms. The quantitative estimate of drug-likeness (QED) is 0.656. The van der Waals surface area contributed by atoms with Gasteiger partial charge in [-0.1, -0.05) is 6.58 Å². The van der Waals surface area contributed by atoms with Crippen LogP contribution in [-0.4, -0.2) is 26.3 Å². The van der Waals surface area contributed by atoms with Gasteiger partial charge in [0.2, 0.25) is 10.0 Å². The van der Waals surface area contributed by atoms with Crippen LogP contribution in [0.5, 0.6) is 0 Å². The van der Waals surface area contributed by atoms with Gasteiger partial charge in [-0.15, -0.1) is 0 Å². The molecule has 5 nitrogen and oxygen atoms in total. The normalized spacial score (nSPS) is 12.6. The number of sulfonamides is 1. The lowest BCUT2D eigenvalue weighted by atomic mass is 10.1. The van der Waals surface area contributed by atoms with Crippen molar-refractivity contribution in [2.75, 3.05) is 10.5 Å². The van der Waals surface area contributed by atoms with E-state index in [1.54, 1.807) is 0 Å². The second-order valence-corrected chi connectivity index (χ2v) is 7.45. The average Bonchev–Trinajstić information content (AvgIpc) is 2.51. The summed E-state index contributed by atoms with van der Waals surface area (Å²) in [6, 6.07) is 1.71. The molecule has 0 radical (unpaired) electrons. The molecule has 0 heterocycles. The third kappa shape index (κ3) is 7.49. The van der Waals surface area contributed by atoms with Gasteiger partial charge in [0.1, 0.15) is 0 Å². The molecule has 1 rings (SSSR count). The van der Waals surface area contributed by atoms with Crippen LogP contribution in [0.1, 0.15) is 35.7 Å². The van der Waals surface area contributed by atoms with Gasteiger partial charge in [0, 0.05) is 12.1 Å². The number of halogens is 6. The molecule has 12 heteroatoms. The zero-order valence-electron chi connectivity index (χ0n) is 14.0. The van der Waals surface area contributed by atoms with Crippen LogP contribution >= 0.6 is 0 Å². The minimum absolute atomic E-state index is 0.318. The Labute approximate surface area is 151 Å². The fourth-order valence-corrected chi connectivity index (χ4v) is 2.47. The lowest BCUT2D eigenvalue weighted by Gasteiger charge is -2.16. The Morgan fingerprint density at radius 2 is 1.74 bits per heavy atom. The minimum atomic E-state index is -4.79. The van der Waals surface area contributed by atoms with E-state index in [4.69, 9.17) is 0 Å². The molecule has 2 N–H and O–H groups in total. The van der Waals surface area contributed by atoms with Gasteiger partial charge in [-0.05, 0) is 31.5 Å². The van der Waals surface area contributed by atoms with E-state index in [1.807, 2.05) is 10.0 Å². The first-order valence-corrected chi connectivity index (χ1v) is 9.07. The summed E-state index contributed by atoms with van der Waals surface area (Å²) in [5.41, 5.74) is -2.66. The van der Waals surface area contributed by atoms with E-state index in [2.05, 4.69) is 6.58 Å². The first kappa shape index (κ1) is 22.8. The lowest BCUT2D eigenvalue weighted by molar-refractivity contribution is -0.137. The predicted octanol–water partition coefficient (Wildman–Crippen LogP) is 4.05. The second-order valence-electron chi connectivity index (χ2n) is 5.44. The highest BCUT2D eigenvalue weighted by Crippen LogP contribution is 2.32. The Morgan fingerprint density at radius 1 is 1.15 bits per heavy atom. The highest BCUT2D eigenvalue weighted by atomic mass is 32.2. The third-order valence-electron chi connectivity index (χ3n) is 3.24. The maximum Gasteiger partial charge on any atom is 0.416 e. The number of nitrogens with one attached hydrogen (secondary N) is 2. The summed E-state index contributed by atoms with van der Waals surface area (Å²) in [5, 5.41) is 2.02. The summed E-state index contributed by atoms with van der Waals surface area (Å²) < 4.78 is 100. The third-order valence-corrected chi connectivity index (χ3v) is 4.53. The first-order chi connectivity index (χ1) is 12.1. The molecule has 0 spiro atoms. The van der Waals surface area contributed by atoms with Crippen molar-refractivity contribution in [3.05, 3.63) is 41.6 Å². The van der Waals surface area contributed by atoms with Crippen molar-refractivity contribution in [1.29, 1.82) is 0 Å². The summed E-state index contributed by atoms with van der Waals surface area (Å²) in [4.78, 5) is 12.2. The van der Waals surface area contributed by atoms with Crippen LogP contribution in [0.25, 0.3) is 0 Å². The Hall–Kier alpha value is -2.24. The molecule has 0 saturated carbocycles. The Kier molecular flexibility index (Phi) is 6.92. The number of carbonyl (C=O) groups is 1. The molecule has 0 aliphatic heterocycles. The Balaban J connectivity index is 3.14. The number of anilines is 1. The van der Waals surface area contributed by atoms with E-state index in [0.717, 1.165) is 6.07 Å². The summed E-state index contributed by atoms with van der Waals surface area (Å²) >= 11 is 0. The largest absolute Gasteiger partial charge is 0.416 e. The number of alkyl halides is 6. The van der Waals surface area contributed by atoms with E-state index in [0.29, 0.717) is 12.1 Å². The molecule has 0 aliphatic carbocycles. The van der Waals surface area contributed by atoms with Gasteiger partial charge in [0.15, 0.2) is 0 Å². The molecule has 1 aromatic carbocycles. The van der Waals surface area contributed by atoms with Crippen molar-refractivity contribution in [1.82, 2.24) is 5.32 Å². The minimum Gasteiger partial charge on any atom is -0.326 e. The van der Waals surface area contributed by atoms with Crippen LogP contribution in [0.15, 0.2) is 30.5 Å². The smallest absolute Gasteiger partial charge is 0.326 e. The van der Waals surface area contributed by atoms with Crippen molar-refractivity contribution in [2.24, 2.45) is 0 Å². The van der Waals surface area contributed by atoms with Crippen molar-refractivity contribution < 1.29 is 39.6 Å². The second kappa shape index (κ2) is 8.19. The lowest BCUT2D eigenvalue weighted by Crippen LogP contribution is -2.26. The van der Waals surface area contributed by atoms with Crippen molar-refractivity contribution >= 4 is 21.6 Å². The number of rotatable bonds is 7. The van der Waals surface area contributed by atoms with E-state index in [1.165, 1.54) is 6.92 Å². The van der Waals surface area contributed by atoms with E-state index in [-0.39, 0.29) is 5.70 Å². The molecule has 0 atom stereocenters. The number of hydrogen-bond acceptors (Lipinski definition) is 3. The van der Waals surface area contributed by atoms with Crippen LogP contribution < -0.4 is 10.0 Å². The highest BCUT2D eigenvalue weighted by Gasteiger charge is 2.32. The SMILES string of the molecule is C=C(CCC(F)(F)F)NC(=O)c1ccc(C(F)(F)F)cc1NS(=O)(=O)CC. The van der Waals surface area contributed by atoms with E-state index < -0.39 is 63.7 Å². The molecule has 0 aromatic heterocycles. The molecule has 1 amide bonds. The summed E-state index contributed by atoms with van der Waals surface area (Å²) in [7, 11) is -4.02. The number of amides is 1. The fraction of sp³-hybridized carbons (Fsp3) is 0.400. The zero-order chi connectivity index (χ0) is 21.0. The first-order valence-electron chi connectivity index (χ1n) is 7.42. The highest BCUT2D eigenvalue weighted by molar-refractivity contribution is 7.92. The molecule has 0 unspecified atom stereocenters. The van der Waals surface area contributed by atoms with Crippen molar-refractivity contribution in [3.8, 4) is 0 Å². The molecule has 0 aliphatic rings. The van der Waals surface area contributed by atoms with Crippen LogP contribution in [0.4, 0.5) is 32.0 Å². The van der Waals surface area contributed by atoms with Crippen molar-refractivity contribution in [2.45, 2.75) is 32.1 Å². The fourth-order valence-electron chi connectivity index (χ4n) is 1.83. The molecule has 0 saturated heterocycles. The topological polar surface area (TPSA) is 75.3 Å². The van der Waals surface area contributed by atoms with E-state index in [9.17, 15) is 39.6 Å². The maximum atomic E-state index is 12.8. The summed E-state index contributed by atoms with van der Waals surface area (Å²) in [6.07, 6.45) is -11.2. The molecular weight excluding hydrogens is 402 g/mol. The Bertz CT molecular complexity index is 816. The van der Waals surface area contributed by atoms with Gasteiger partial charge in [0.05, 0.1) is 22.6 Å². The van der Waals surface area contributed by atoms with Crippen LogP contribution in [0.2, 0.25) is 0 Å². The van der Waals surface area contributed by atoms with Gasteiger partial charge in [0.25, 0.3) is 5.91 Å². The standard InChI is InChI=1S/C15H16F6N2O3S/c1-3-27(25,26)23-12-8-10(15(19,20)21)4-5-11(12)13(24)22-9(2)6-7-14(16,17)18/h4-5,8,23H,2-3,6-7H2,1H3,(H,22,24). The monoisotopic (exact) mass is 418 g/mol. The zero-order valence-corrected chi connectivity index (χ0v) is 14.8. The van der Waals surface area contributed by atoms with Crippen molar-refractivity contribution in [3.63, 3.8) is 0 Å². The molecule has 152 valence electrons. The number of allylic oxidation sites excluding steroid dienone is 1. The van der Waals surface area contributed by atoms with Gasteiger partial charge in [-0.2, -0.15) is 26.3 Å². The maximum absolute atomic E-state index is 12.8. The van der Waals surface area contributed by atoms with Crippen LogP contribution in [-0.2, 0) is 16.2 Å². The number of hydrogen-bond donors (Lipinski definition) is 2. The van der Waals surface area contributed by atoms with Crippen LogP contribution in [0, 0.1) is 0 Å². The van der Waals surface area contributed by atoms with Gasteiger partial charge in [-0.25, -0.2) is 8.42 Å². The van der Waals surface area contributed by atoms with Gasteiger partial charge >= 0.3 is 12.4 Å². The van der Waals surface area contributed by atoms with E-state index >= 15 is 0 Å². The van der Waals surface area contributed by atoms with Gasteiger partial charge < -0.3 is 5.32 Å².